The molecule has 0 aromatic heterocycles. The molecule has 2 aliphatic heterocycles. The fourth-order valence-electron chi connectivity index (χ4n) is 2.77. The average molecular weight is 263 g/mol. The highest BCUT2D eigenvalue weighted by atomic mass is 32.2. The minimum Gasteiger partial charge on any atom is -0.481 e. The molecule has 3 nitrogen and oxygen atoms in total. The highest BCUT2D eigenvalue weighted by molar-refractivity contribution is 7.99. The Morgan fingerprint density at radius 2 is 2.33 bits per heavy atom. The van der Waals surface area contributed by atoms with Gasteiger partial charge in [-0.05, 0) is 42.2 Å². The zero-order chi connectivity index (χ0) is 12.5. The monoisotopic (exact) mass is 263 g/mol. The van der Waals surface area contributed by atoms with E-state index in [9.17, 15) is 4.79 Å². The van der Waals surface area contributed by atoms with Gasteiger partial charge in [0.25, 0.3) is 0 Å². The summed E-state index contributed by atoms with van der Waals surface area (Å²) >= 11 is 1.93. The first-order valence-corrected chi connectivity index (χ1v) is 7.44. The van der Waals surface area contributed by atoms with Gasteiger partial charge in [-0.15, -0.1) is 11.8 Å². The number of carboxylic acids is 1. The average Bonchev–Trinajstić information content (AvgIpc) is 2.88. The Morgan fingerprint density at radius 1 is 1.44 bits per heavy atom. The van der Waals surface area contributed by atoms with Gasteiger partial charge in [0.05, 0.1) is 5.92 Å². The lowest BCUT2D eigenvalue weighted by Gasteiger charge is -2.18. The van der Waals surface area contributed by atoms with Gasteiger partial charge in [-0.2, -0.15) is 0 Å². The molecule has 1 aromatic carbocycles. The zero-order valence-corrected chi connectivity index (χ0v) is 11.0. The highest BCUT2D eigenvalue weighted by Crippen LogP contribution is 2.34. The molecule has 1 aromatic rings. The molecule has 0 saturated carbocycles. The van der Waals surface area contributed by atoms with Crippen LogP contribution in [0, 0.1) is 5.92 Å². The number of nitrogens with one attached hydrogen (secondary N) is 1. The number of hydrogen-bond donors (Lipinski definition) is 2. The summed E-state index contributed by atoms with van der Waals surface area (Å²) in [5.41, 5.74) is 2.68. The number of thioether (sulfide) groups is 1. The van der Waals surface area contributed by atoms with Crippen LogP contribution in [-0.2, 0) is 11.2 Å². The van der Waals surface area contributed by atoms with E-state index in [1.54, 1.807) is 0 Å². The fourth-order valence-corrected chi connectivity index (χ4v) is 3.79. The molecule has 2 atom stereocenters. The molecule has 1 fully saturated rings. The topological polar surface area (TPSA) is 49.3 Å². The van der Waals surface area contributed by atoms with E-state index in [1.807, 2.05) is 11.8 Å². The molecular weight excluding hydrogens is 246 g/mol. The Kier molecular flexibility index (Phi) is 3.31. The number of fused-ring (bicyclic) bond motifs is 1. The number of hydrogen-bond acceptors (Lipinski definition) is 3. The summed E-state index contributed by atoms with van der Waals surface area (Å²) in [5, 5.41) is 12.4. The van der Waals surface area contributed by atoms with E-state index in [4.69, 9.17) is 5.11 Å². The van der Waals surface area contributed by atoms with Crippen molar-refractivity contribution in [1.82, 2.24) is 5.32 Å². The first-order chi connectivity index (χ1) is 8.74. The highest BCUT2D eigenvalue weighted by Gasteiger charge is 2.30. The van der Waals surface area contributed by atoms with Crippen molar-refractivity contribution < 1.29 is 9.90 Å². The van der Waals surface area contributed by atoms with Crippen LogP contribution < -0.4 is 5.32 Å². The zero-order valence-electron chi connectivity index (χ0n) is 10.2. The Bertz CT molecular complexity index is 475. The lowest BCUT2D eigenvalue weighted by Crippen LogP contribution is -2.17. The van der Waals surface area contributed by atoms with Gasteiger partial charge in [0, 0.05) is 17.5 Å². The number of aliphatic carboxylic acids is 1. The van der Waals surface area contributed by atoms with Gasteiger partial charge in [-0.25, -0.2) is 0 Å². The van der Waals surface area contributed by atoms with Crippen molar-refractivity contribution in [1.29, 1.82) is 0 Å². The molecule has 2 N–H and O–H groups in total. The standard InChI is InChI=1S/C14H17NO2S/c16-14(17)11-7-12(15-8-11)9-3-4-13-10(6-9)2-1-5-18-13/h3-4,6,11-12,15H,1-2,5,7-8H2,(H,16,17). The van der Waals surface area contributed by atoms with Gasteiger partial charge in [0.2, 0.25) is 0 Å². The molecule has 0 amide bonds. The van der Waals surface area contributed by atoms with Crippen molar-refractivity contribution in [2.24, 2.45) is 5.92 Å². The number of aryl methyl sites for hydroxylation is 1. The molecule has 18 heavy (non-hydrogen) atoms. The van der Waals surface area contributed by atoms with Crippen LogP contribution in [0.25, 0.3) is 0 Å². The normalized spacial score (nSPS) is 26.9. The van der Waals surface area contributed by atoms with Gasteiger partial charge in [-0.1, -0.05) is 12.1 Å². The van der Waals surface area contributed by atoms with Crippen molar-refractivity contribution in [3.05, 3.63) is 29.3 Å². The second-order valence-electron chi connectivity index (χ2n) is 5.05. The largest absolute Gasteiger partial charge is 0.481 e. The van der Waals surface area contributed by atoms with Crippen LogP contribution in [0.1, 0.15) is 30.0 Å². The summed E-state index contributed by atoms with van der Waals surface area (Å²) in [6.45, 7) is 0.589. The van der Waals surface area contributed by atoms with E-state index in [2.05, 4.69) is 23.5 Å². The molecule has 0 spiro atoms. The molecule has 2 heterocycles. The van der Waals surface area contributed by atoms with Crippen molar-refractivity contribution in [2.75, 3.05) is 12.3 Å². The van der Waals surface area contributed by atoms with Crippen LogP contribution >= 0.6 is 11.8 Å². The number of carboxylic acid groups (broad SMARTS) is 1. The van der Waals surface area contributed by atoms with Crippen LogP contribution in [0.4, 0.5) is 0 Å². The summed E-state index contributed by atoms with van der Waals surface area (Å²) < 4.78 is 0. The maximum Gasteiger partial charge on any atom is 0.307 e. The first-order valence-electron chi connectivity index (χ1n) is 6.46. The Morgan fingerprint density at radius 3 is 3.11 bits per heavy atom. The van der Waals surface area contributed by atoms with Crippen LogP contribution in [0.5, 0.6) is 0 Å². The van der Waals surface area contributed by atoms with Crippen molar-refractivity contribution in [2.45, 2.75) is 30.2 Å². The summed E-state index contributed by atoms with van der Waals surface area (Å²) in [4.78, 5) is 12.4. The van der Waals surface area contributed by atoms with Crippen molar-refractivity contribution >= 4 is 17.7 Å². The summed E-state index contributed by atoms with van der Waals surface area (Å²) in [5.74, 6) is 0.300. The molecule has 0 radical (unpaired) electrons. The molecule has 2 unspecified atom stereocenters. The van der Waals surface area contributed by atoms with E-state index in [-0.39, 0.29) is 12.0 Å². The van der Waals surface area contributed by atoms with E-state index in [1.165, 1.54) is 28.2 Å². The molecule has 3 rings (SSSR count). The SMILES string of the molecule is O=C(O)C1CNC(c2ccc3c(c2)CCCS3)C1. The first kappa shape index (κ1) is 12.1. The third-order valence-corrected chi connectivity index (χ3v) is 5.02. The lowest BCUT2D eigenvalue weighted by molar-refractivity contribution is -0.141. The van der Waals surface area contributed by atoms with Crippen LogP contribution in [0.3, 0.4) is 0 Å². The summed E-state index contributed by atoms with van der Waals surface area (Å²) in [7, 11) is 0. The second kappa shape index (κ2) is 4.94. The van der Waals surface area contributed by atoms with E-state index in [0.29, 0.717) is 13.0 Å². The minimum absolute atomic E-state index is 0.211. The quantitative estimate of drug-likeness (QED) is 0.860. The Hall–Kier alpha value is -1.00. The van der Waals surface area contributed by atoms with Gasteiger partial charge in [0.15, 0.2) is 0 Å². The molecule has 0 aliphatic carbocycles. The Labute approximate surface area is 111 Å². The lowest BCUT2D eigenvalue weighted by atomic mass is 9.97. The number of rotatable bonds is 2. The van der Waals surface area contributed by atoms with Crippen molar-refractivity contribution in [3.63, 3.8) is 0 Å². The Balaban J connectivity index is 1.79. The maximum atomic E-state index is 11.0. The van der Waals surface area contributed by atoms with Crippen LogP contribution in [0.15, 0.2) is 23.1 Å². The van der Waals surface area contributed by atoms with Gasteiger partial charge in [-0.3, -0.25) is 4.79 Å². The third kappa shape index (κ3) is 2.27. The maximum absolute atomic E-state index is 11.0. The van der Waals surface area contributed by atoms with Gasteiger partial charge in [0.1, 0.15) is 0 Å². The number of benzene rings is 1. The molecule has 4 heteroatoms. The predicted octanol–water partition coefficient (Wildman–Crippen LogP) is 2.46. The smallest absolute Gasteiger partial charge is 0.307 e. The fraction of sp³-hybridized carbons (Fsp3) is 0.500. The summed E-state index contributed by atoms with van der Waals surface area (Å²) in [6, 6.07) is 6.83. The van der Waals surface area contributed by atoms with Crippen LogP contribution in [-0.4, -0.2) is 23.4 Å². The number of carbonyl (C=O) groups is 1. The van der Waals surface area contributed by atoms with E-state index >= 15 is 0 Å². The summed E-state index contributed by atoms with van der Waals surface area (Å²) in [6.07, 6.45) is 3.11. The third-order valence-electron chi connectivity index (χ3n) is 3.82. The van der Waals surface area contributed by atoms with Gasteiger partial charge >= 0.3 is 5.97 Å². The molecule has 0 bridgehead atoms. The van der Waals surface area contributed by atoms with Gasteiger partial charge < -0.3 is 10.4 Å². The second-order valence-corrected chi connectivity index (χ2v) is 6.19. The van der Waals surface area contributed by atoms with E-state index in [0.717, 1.165) is 6.42 Å². The molecule has 1 saturated heterocycles. The minimum atomic E-state index is -0.682. The molecule has 96 valence electrons. The van der Waals surface area contributed by atoms with E-state index < -0.39 is 5.97 Å². The molecule has 2 aliphatic rings. The van der Waals surface area contributed by atoms with Crippen molar-refractivity contribution in [3.8, 4) is 0 Å². The van der Waals surface area contributed by atoms with Crippen LogP contribution in [0.2, 0.25) is 0 Å². The predicted molar refractivity (Wildman–Crippen MR) is 72.0 cm³/mol. The molecular formula is C14H17NO2S.